The zero-order valence-electron chi connectivity index (χ0n) is 34.4. The van der Waals surface area contributed by atoms with E-state index in [1.54, 1.807) is 0 Å². The molecule has 59 heavy (non-hydrogen) atoms. The molecule has 2 aromatic heterocycles. The number of benzene rings is 7. The number of anilines is 3. The minimum absolute atomic E-state index is 0.00813. The molecule has 4 nitrogen and oxygen atoms in total. The fourth-order valence-electron chi connectivity index (χ4n) is 9.12. The van der Waals surface area contributed by atoms with Gasteiger partial charge in [-0.05, 0) is 103 Å². The molecule has 0 saturated carbocycles. The van der Waals surface area contributed by atoms with E-state index < -0.39 is 8.07 Å². The van der Waals surface area contributed by atoms with Gasteiger partial charge in [-0.1, -0.05) is 157 Å². The van der Waals surface area contributed by atoms with Gasteiger partial charge in [-0.3, -0.25) is 4.57 Å². The van der Waals surface area contributed by atoms with E-state index in [4.69, 9.17) is 4.98 Å². The van der Waals surface area contributed by atoms with E-state index in [9.17, 15) is 0 Å². The summed E-state index contributed by atoms with van der Waals surface area (Å²) >= 11 is 0. The summed E-state index contributed by atoms with van der Waals surface area (Å²) in [6, 6.07) is 66.7. The van der Waals surface area contributed by atoms with Gasteiger partial charge >= 0.3 is 0 Å². The maximum Gasteiger partial charge on any atom is 0.138 e. The first-order valence-corrected chi connectivity index (χ1v) is 23.7. The maximum absolute atomic E-state index is 5.12. The number of para-hydroxylation sites is 3. The molecule has 1 aliphatic heterocycles. The largest absolute Gasteiger partial charge is 0.347 e. The normalized spacial score (nSPS) is 13.0. The quantitative estimate of drug-likeness (QED) is 0.151. The molecule has 9 aromatic rings. The topological polar surface area (TPSA) is 24.3 Å². The molecule has 7 aromatic carbocycles. The van der Waals surface area contributed by atoms with E-state index >= 15 is 0 Å². The predicted octanol–water partition coefficient (Wildman–Crippen LogP) is 12.7. The van der Waals surface area contributed by atoms with Gasteiger partial charge in [0.1, 0.15) is 13.9 Å². The third-order valence-electron chi connectivity index (χ3n) is 12.3. The first-order chi connectivity index (χ1) is 28.7. The van der Waals surface area contributed by atoms with Crippen LogP contribution < -0.4 is 20.2 Å². The SMILES string of the molecule is CC(C)(C)N1CN(c2cccc([Si](C)(C)c3ccc4c5ccccc5n(-c5cc(-c6c(-c7ccccc7)cccc6-c6ccccc6)ccn5)c4c3)c2)c2ccccc21. The van der Waals surface area contributed by atoms with Crippen molar-refractivity contribution in [3.63, 3.8) is 0 Å². The van der Waals surface area contributed by atoms with Crippen LogP contribution in [0.4, 0.5) is 17.1 Å². The van der Waals surface area contributed by atoms with E-state index in [-0.39, 0.29) is 5.54 Å². The lowest BCUT2D eigenvalue weighted by Gasteiger charge is -2.34. The molecule has 0 atom stereocenters. The first-order valence-electron chi connectivity index (χ1n) is 20.7. The number of rotatable bonds is 7. The van der Waals surface area contributed by atoms with Crippen LogP contribution in [-0.4, -0.2) is 29.8 Å². The van der Waals surface area contributed by atoms with Gasteiger partial charge in [0.25, 0.3) is 0 Å². The molecular weight excluding hydrogens is 733 g/mol. The number of aromatic nitrogens is 2. The minimum atomic E-state index is -2.20. The van der Waals surface area contributed by atoms with Gasteiger partial charge in [0.2, 0.25) is 0 Å². The molecule has 10 rings (SSSR count). The van der Waals surface area contributed by atoms with Crippen LogP contribution in [0.25, 0.3) is 61.0 Å². The van der Waals surface area contributed by atoms with Crippen LogP contribution in [-0.2, 0) is 0 Å². The first kappa shape index (κ1) is 36.6. The lowest BCUT2D eigenvalue weighted by Crippen LogP contribution is -2.53. The van der Waals surface area contributed by atoms with E-state index in [2.05, 4.69) is 230 Å². The second kappa shape index (κ2) is 14.3. The van der Waals surface area contributed by atoms with Gasteiger partial charge in [-0.25, -0.2) is 4.98 Å². The minimum Gasteiger partial charge on any atom is -0.347 e. The van der Waals surface area contributed by atoms with E-state index in [1.807, 2.05) is 6.20 Å². The molecule has 5 heteroatoms. The molecule has 3 heterocycles. The van der Waals surface area contributed by atoms with Crippen molar-refractivity contribution in [2.75, 3.05) is 16.5 Å². The number of hydrogen-bond acceptors (Lipinski definition) is 3. The van der Waals surface area contributed by atoms with Crippen LogP contribution >= 0.6 is 0 Å². The maximum atomic E-state index is 5.12. The van der Waals surface area contributed by atoms with Gasteiger partial charge in [0.15, 0.2) is 0 Å². The van der Waals surface area contributed by atoms with Crippen molar-refractivity contribution < 1.29 is 0 Å². The molecule has 0 N–H and O–H groups in total. The second-order valence-electron chi connectivity index (χ2n) is 17.3. The van der Waals surface area contributed by atoms with Crippen LogP contribution in [0.5, 0.6) is 0 Å². The molecule has 0 radical (unpaired) electrons. The van der Waals surface area contributed by atoms with Crippen molar-refractivity contribution in [1.82, 2.24) is 9.55 Å². The Morgan fingerprint density at radius 1 is 0.508 bits per heavy atom. The van der Waals surface area contributed by atoms with Gasteiger partial charge in [-0.2, -0.15) is 0 Å². The lowest BCUT2D eigenvalue weighted by atomic mass is 9.88. The van der Waals surface area contributed by atoms with Crippen molar-refractivity contribution in [2.45, 2.75) is 39.4 Å². The zero-order chi connectivity index (χ0) is 40.3. The monoisotopic (exact) mass is 780 g/mol. The predicted molar refractivity (Wildman–Crippen MR) is 254 cm³/mol. The standard InChI is InChI=1S/C54H48N4Si/c1-54(2,3)57-37-56(49-28-14-15-29-50(49)57)41-22-16-23-42(35-41)59(4,5)43-30-31-47-46-24-12-13-27-48(46)58(51(47)36-43)52-34-40(32-33-55-52)53-44(38-18-8-6-9-19-38)25-17-26-45(53)39-20-10-7-11-21-39/h6-36H,37H2,1-5H3. The summed E-state index contributed by atoms with van der Waals surface area (Å²) in [5.41, 5.74) is 13.3. The summed E-state index contributed by atoms with van der Waals surface area (Å²) in [4.78, 5) is 10.1. The van der Waals surface area contributed by atoms with Gasteiger partial charge < -0.3 is 9.80 Å². The Labute approximate surface area is 348 Å². The summed E-state index contributed by atoms with van der Waals surface area (Å²) in [6.45, 7) is 12.7. The molecule has 0 amide bonds. The smallest absolute Gasteiger partial charge is 0.138 e. The Morgan fingerprint density at radius 3 is 1.83 bits per heavy atom. The zero-order valence-corrected chi connectivity index (χ0v) is 35.4. The van der Waals surface area contributed by atoms with Crippen molar-refractivity contribution in [1.29, 1.82) is 0 Å². The summed E-state index contributed by atoms with van der Waals surface area (Å²) < 4.78 is 2.38. The van der Waals surface area contributed by atoms with E-state index in [1.165, 1.54) is 71.5 Å². The Morgan fingerprint density at radius 2 is 1.12 bits per heavy atom. The number of hydrogen-bond donors (Lipinski definition) is 0. The van der Waals surface area contributed by atoms with E-state index in [0.29, 0.717) is 0 Å². The van der Waals surface area contributed by atoms with Gasteiger partial charge in [-0.15, -0.1) is 0 Å². The Hall–Kier alpha value is -6.69. The second-order valence-corrected chi connectivity index (χ2v) is 21.7. The van der Waals surface area contributed by atoms with Crippen molar-refractivity contribution in [3.8, 4) is 39.2 Å². The number of fused-ring (bicyclic) bond motifs is 4. The Bertz CT molecular complexity index is 2940. The molecule has 0 spiro atoms. The van der Waals surface area contributed by atoms with Crippen molar-refractivity contribution in [3.05, 3.63) is 188 Å². The van der Waals surface area contributed by atoms with Crippen molar-refractivity contribution >= 4 is 57.3 Å². The van der Waals surface area contributed by atoms with Crippen LogP contribution in [0.1, 0.15) is 20.8 Å². The molecule has 0 saturated heterocycles. The van der Waals surface area contributed by atoms with Crippen LogP contribution in [0.15, 0.2) is 188 Å². The lowest BCUT2D eigenvalue weighted by molar-refractivity contribution is 0.518. The van der Waals surface area contributed by atoms with Crippen LogP contribution in [0.3, 0.4) is 0 Å². The van der Waals surface area contributed by atoms with Crippen LogP contribution in [0, 0.1) is 0 Å². The molecule has 1 aliphatic rings. The summed E-state index contributed by atoms with van der Waals surface area (Å²) in [7, 11) is -2.20. The molecule has 0 fully saturated rings. The molecule has 0 aliphatic carbocycles. The highest BCUT2D eigenvalue weighted by atomic mass is 28.3. The van der Waals surface area contributed by atoms with Gasteiger partial charge in [0.05, 0.1) is 29.1 Å². The number of pyridine rings is 1. The Balaban J connectivity index is 1.10. The fourth-order valence-corrected chi connectivity index (χ4v) is 11.5. The summed E-state index contributed by atoms with van der Waals surface area (Å²) in [6.07, 6.45) is 1.98. The molecule has 288 valence electrons. The highest BCUT2D eigenvalue weighted by Gasteiger charge is 2.34. The Kier molecular flexibility index (Phi) is 8.88. The van der Waals surface area contributed by atoms with Gasteiger partial charge in [0, 0.05) is 28.2 Å². The summed E-state index contributed by atoms with van der Waals surface area (Å²) in [5, 5.41) is 5.27. The third kappa shape index (κ3) is 6.34. The number of nitrogens with zero attached hydrogens (tertiary/aromatic N) is 4. The molecule has 0 unspecified atom stereocenters. The molecule has 0 bridgehead atoms. The average Bonchev–Trinajstić information content (AvgIpc) is 3.84. The van der Waals surface area contributed by atoms with Crippen LogP contribution in [0.2, 0.25) is 13.1 Å². The molecular formula is C54H48N4Si. The summed E-state index contributed by atoms with van der Waals surface area (Å²) in [5.74, 6) is 0.908. The van der Waals surface area contributed by atoms with Crippen molar-refractivity contribution in [2.24, 2.45) is 0 Å². The third-order valence-corrected chi connectivity index (χ3v) is 15.8. The highest BCUT2D eigenvalue weighted by molar-refractivity contribution is 7.00. The van der Waals surface area contributed by atoms with E-state index in [0.717, 1.165) is 23.6 Å². The average molecular weight is 781 g/mol. The fraction of sp³-hybridized carbons (Fsp3) is 0.130. The highest BCUT2D eigenvalue weighted by Crippen LogP contribution is 2.44.